The standard InChI is InChI=1S/C14H10N2O3/c17-13(15-10-4-2-1-3-5-10)9-6-7-11-12(8-9)19-14(18)16-11/h1-8H,(H,15,17)(H,16,18). The topological polar surface area (TPSA) is 75.1 Å². The third-order valence-corrected chi connectivity index (χ3v) is 2.71. The van der Waals surface area contributed by atoms with Crippen LogP contribution in [0.4, 0.5) is 5.69 Å². The highest BCUT2D eigenvalue weighted by molar-refractivity contribution is 6.05. The number of fused-ring (bicyclic) bond motifs is 1. The molecule has 94 valence electrons. The van der Waals surface area contributed by atoms with E-state index in [-0.39, 0.29) is 5.91 Å². The molecule has 1 amide bonds. The molecule has 2 aromatic carbocycles. The van der Waals surface area contributed by atoms with Gasteiger partial charge in [-0.15, -0.1) is 0 Å². The Morgan fingerprint density at radius 1 is 1.11 bits per heavy atom. The second-order valence-electron chi connectivity index (χ2n) is 4.05. The number of anilines is 1. The molecule has 0 aliphatic heterocycles. The normalized spacial score (nSPS) is 10.5. The number of aromatic nitrogens is 1. The van der Waals surface area contributed by atoms with Crippen LogP contribution in [0.2, 0.25) is 0 Å². The molecule has 0 saturated heterocycles. The molecule has 1 aromatic heterocycles. The zero-order valence-electron chi connectivity index (χ0n) is 9.84. The van der Waals surface area contributed by atoms with Gasteiger partial charge < -0.3 is 9.73 Å². The molecular weight excluding hydrogens is 244 g/mol. The molecule has 0 fully saturated rings. The van der Waals surface area contributed by atoms with E-state index < -0.39 is 5.76 Å². The van der Waals surface area contributed by atoms with E-state index in [9.17, 15) is 9.59 Å². The molecule has 5 heteroatoms. The lowest BCUT2D eigenvalue weighted by Gasteiger charge is -2.04. The average Bonchev–Trinajstić information content (AvgIpc) is 2.78. The number of aromatic amines is 1. The van der Waals surface area contributed by atoms with E-state index in [1.165, 1.54) is 6.07 Å². The highest BCUT2D eigenvalue weighted by Crippen LogP contribution is 2.14. The lowest BCUT2D eigenvalue weighted by atomic mass is 10.2. The molecule has 3 rings (SSSR count). The number of hydrogen-bond acceptors (Lipinski definition) is 3. The van der Waals surface area contributed by atoms with Gasteiger partial charge in [-0.25, -0.2) is 4.79 Å². The minimum Gasteiger partial charge on any atom is -0.408 e. The van der Waals surface area contributed by atoms with E-state index in [2.05, 4.69) is 10.3 Å². The zero-order valence-corrected chi connectivity index (χ0v) is 9.84. The summed E-state index contributed by atoms with van der Waals surface area (Å²) >= 11 is 0. The Labute approximate surface area is 107 Å². The fourth-order valence-electron chi connectivity index (χ4n) is 1.81. The van der Waals surface area contributed by atoms with Crippen molar-refractivity contribution >= 4 is 22.7 Å². The first kappa shape index (κ1) is 11.3. The number of carbonyl (C=O) groups excluding carboxylic acids is 1. The van der Waals surface area contributed by atoms with Crippen LogP contribution in [0, 0.1) is 0 Å². The van der Waals surface area contributed by atoms with Crippen LogP contribution in [0.1, 0.15) is 10.4 Å². The van der Waals surface area contributed by atoms with Gasteiger partial charge >= 0.3 is 5.76 Å². The molecule has 19 heavy (non-hydrogen) atoms. The van der Waals surface area contributed by atoms with Crippen molar-refractivity contribution in [3.8, 4) is 0 Å². The Hall–Kier alpha value is -2.82. The fraction of sp³-hybridized carbons (Fsp3) is 0. The summed E-state index contributed by atoms with van der Waals surface area (Å²) in [4.78, 5) is 25.6. The highest BCUT2D eigenvalue weighted by atomic mass is 16.4. The number of rotatable bonds is 2. The number of para-hydroxylation sites is 1. The van der Waals surface area contributed by atoms with Crippen molar-refractivity contribution in [1.82, 2.24) is 4.98 Å². The molecular formula is C14H10N2O3. The lowest BCUT2D eigenvalue weighted by Crippen LogP contribution is -2.11. The van der Waals surface area contributed by atoms with Crippen LogP contribution < -0.4 is 11.1 Å². The number of oxazole rings is 1. The van der Waals surface area contributed by atoms with Gasteiger partial charge in [-0.05, 0) is 30.3 Å². The summed E-state index contributed by atoms with van der Waals surface area (Å²) in [5, 5.41) is 2.76. The molecule has 0 aliphatic rings. The molecule has 5 nitrogen and oxygen atoms in total. The van der Waals surface area contributed by atoms with Crippen molar-refractivity contribution in [2.75, 3.05) is 5.32 Å². The van der Waals surface area contributed by atoms with Gasteiger partial charge in [-0.1, -0.05) is 18.2 Å². The number of carbonyl (C=O) groups is 1. The van der Waals surface area contributed by atoms with E-state index in [1.54, 1.807) is 24.3 Å². The van der Waals surface area contributed by atoms with Crippen molar-refractivity contribution in [2.24, 2.45) is 0 Å². The molecule has 0 spiro atoms. The maximum Gasteiger partial charge on any atom is 0.417 e. The van der Waals surface area contributed by atoms with Gasteiger partial charge in [-0.2, -0.15) is 0 Å². The third-order valence-electron chi connectivity index (χ3n) is 2.71. The van der Waals surface area contributed by atoms with Crippen molar-refractivity contribution in [3.63, 3.8) is 0 Å². The molecule has 0 saturated carbocycles. The molecule has 1 heterocycles. The van der Waals surface area contributed by atoms with Crippen molar-refractivity contribution in [1.29, 1.82) is 0 Å². The molecule has 0 radical (unpaired) electrons. The Kier molecular flexibility index (Phi) is 2.64. The number of amides is 1. The predicted molar refractivity (Wildman–Crippen MR) is 71.2 cm³/mol. The van der Waals surface area contributed by atoms with E-state index >= 15 is 0 Å². The molecule has 0 atom stereocenters. The average molecular weight is 254 g/mol. The largest absolute Gasteiger partial charge is 0.417 e. The van der Waals surface area contributed by atoms with E-state index in [0.29, 0.717) is 22.4 Å². The SMILES string of the molecule is O=C(Nc1ccccc1)c1ccc2[nH]c(=O)oc2c1. The van der Waals surface area contributed by atoms with Crippen LogP contribution in [0.25, 0.3) is 11.1 Å². The van der Waals surface area contributed by atoms with E-state index in [0.717, 1.165) is 0 Å². The van der Waals surface area contributed by atoms with Crippen molar-refractivity contribution < 1.29 is 9.21 Å². The number of hydrogen-bond donors (Lipinski definition) is 2. The fourth-order valence-corrected chi connectivity index (χ4v) is 1.81. The number of nitrogens with one attached hydrogen (secondary N) is 2. The van der Waals surface area contributed by atoms with Crippen LogP contribution in [-0.2, 0) is 0 Å². The Morgan fingerprint density at radius 3 is 2.68 bits per heavy atom. The van der Waals surface area contributed by atoms with Crippen LogP contribution in [0.15, 0.2) is 57.7 Å². The summed E-state index contributed by atoms with van der Waals surface area (Å²) in [7, 11) is 0. The van der Waals surface area contributed by atoms with Gasteiger partial charge in [0.25, 0.3) is 5.91 Å². The van der Waals surface area contributed by atoms with Gasteiger partial charge in [0.2, 0.25) is 0 Å². The third kappa shape index (κ3) is 2.26. The summed E-state index contributed by atoms with van der Waals surface area (Å²) in [5.41, 5.74) is 2.08. The van der Waals surface area contributed by atoms with E-state index in [1.807, 2.05) is 18.2 Å². The van der Waals surface area contributed by atoms with Crippen LogP contribution in [-0.4, -0.2) is 10.9 Å². The maximum absolute atomic E-state index is 12.0. The number of benzene rings is 2. The zero-order chi connectivity index (χ0) is 13.2. The van der Waals surface area contributed by atoms with Gasteiger partial charge in [0.15, 0.2) is 5.58 Å². The minimum atomic E-state index is -0.532. The summed E-state index contributed by atoms with van der Waals surface area (Å²) in [6.07, 6.45) is 0. The first-order chi connectivity index (χ1) is 9.22. The van der Waals surface area contributed by atoms with Crippen LogP contribution >= 0.6 is 0 Å². The Morgan fingerprint density at radius 2 is 1.89 bits per heavy atom. The van der Waals surface area contributed by atoms with E-state index in [4.69, 9.17) is 4.42 Å². The van der Waals surface area contributed by atoms with Gasteiger partial charge in [0, 0.05) is 11.3 Å². The summed E-state index contributed by atoms with van der Waals surface area (Å²) in [6, 6.07) is 13.9. The van der Waals surface area contributed by atoms with Crippen LogP contribution in [0.3, 0.4) is 0 Å². The number of H-pyrrole nitrogens is 1. The molecule has 0 aliphatic carbocycles. The second kappa shape index (κ2) is 4.45. The predicted octanol–water partition coefficient (Wildman–Crippen LogP) is 2.37. The first-order valence-corrected chi connectivity index (χ1v) is 5.72. The van der Waals surface area contributed by atoms with Crippen molar-refractivity contribution in [3.05, 3.63) is 64.6 Å². The quantitative estimate of drug-likeness (QED) is 0.737. The van der Waals surface area contributed by atoms with Gasteiger partial charge in [0.1, 0.15) is 0 Å². The molecule has 2 N–H and O–H groups in total. The second-order valence-corrected chi connectivity index (χ2v) is 4.05. The smallest absolute Gasteiger partial charge is 0.408 e. The monoisotopic (exact) mass is 254 g/mol. The minimum absolute atomic E-state index is 0.253. The maximum atomic E-state index is 12.0. The summed E-state index contributed by atoms with van der Waals surface area (Å²) in [5.74, 6) is -0.785. The molecule has 0 unspecified atom stereocenters. The molecule has 0 bridgehead atoms. The summed E-state index contributed by atoms with van der Waals surface area (Å²) < 4.78 is 4.92. The van der Waals surface area contributed by atoms with Crippen LogP contribution in [0.5, 0.6) is 0 Å². The Balaban J connectivity index is 1.91. The summed E-state index contributed by atoms with van der Waals surface area (Å²) in [6.45, 7) is 0. The first-order valence-electron chi connectivity index (χ1n) is 5.72. The van der Waals surface area contributed by atoms with Crippen molar-refractivity contribution in [2.45, 2.75) is 0 Å². The molecule has 3 aromatic rings. The highest BCUT2D eigenvalue weighted by Gasteiger charge is 2.09. The van der Waals surface area contributed by atoms with Gasteiger partial charge in [-0.3, -0.25) is 9.78 Å². The Bertz CT molecular complexity index is 787. The van der Waals surface area contributed by atoms with Gasteiger partial charge in [0.05, 0.1) is 5.52 Å². The lowest BCUT2D eigenvalue weighted by molar-refractivity contribution is 0.102.